The molecule has 1 aromatic carbocycles. The summed E-state index contributed by atoms with van der Waals surface area (Å²) in [6, 6.07) is 9.36. The van der Waals surface area contributed by atoms with Crippen molar-refractivity contribution in [3.05, 3.63) is 64.6 Å². The zero-order chi connectivity index (χ0) is 18.2. The van der Waals surface area contributed by atoms with Crippen LogP contribution in [0.25, 0.3) is 5.65 Å². The summed E-state index contributed by atoms with van der Waals surface area (Å²) in [5, 5.41) is 8.39. The van der Waals surface area contributed by atoms with Crippen LogP contribution in [0.4, 0.5) is 0 Å². The largest absolute Gasteiger partial charge is 0.347 e. The minimum absolute atomic E-state index is 0.0251. The van der Waals surface area contributed by atoms with Crippen molar-refractivity contribution in [1.82, 2.24) is 14.7 Å². The predicted octanol–water partition coefficient (Wildman–Crippen LogP) is 1.87. The lowest BCUT2D eigenvalue weighted by Crippen LogP contribution is -2.25. The van der Waals surface area contributed by atoms with Gasteiger partial charge in [-0.15, -0.1) is 0 Å². The molecule has 0 fully saturated rings. The smallest absolute Gasteiger partial charge is 0.270 e. The van der Waals surface area contributed by atoms with Crippen molar-refractivity contribution in [2.45, 2.75) is 18.4 Å². The van der Waals surface area contributed by atoms with Crippen molar-refractivity contribution in [3.8, 4) is 0 Å². The number of aryl methyl sites for hydroxylation is 1. The predicted molar refractivity (Wildman–Crippen MR) is 93.9 cm³/mol. The van der Waals surface area contributed by atoms with Crippen molar-refractivity contribution >= 4 is 33.2 Å². The molecule has 9 heteroatoms. The molecule has 0 saturated heterocycles. The first-order chi connectivity index (χ1) is 11.8. The number of carbonyl (C=O) groups is 1. The van der Waals surface area contributed by atoms with E-state index in [4.69, 9.17) is 16.7 Å². The molecule has 0 spiro atoms. The zero-order valence-electron chi connectivity index (χ0n) is 13.2. The first kappa shape index (κ1) is 17.4. The van der Waals surface area contributed by atoms with E-state index in [2.05, 4.69) is 10.3 Å². The molecule has 0 atom stereocenters. The molecule has 1 amide bonds. The second-order valence-corrected chi connectivity index (χ2v) is 7.49. The van der Waals surface area contributed by atoms with Crippen molar-refractivity contribution in [3.63, 3.8) is 0 Å². The Kier molecular flexibility index (Phi) is 4.51. The maximum absolute atomic E-state index is 12.5. The van der Waals surface area contributed by atoms with Gasteiger partial charge in [0.2, 0.25) is 10.0 Å². The summed E-state index contributed by atoms with van der Waals surface area (Å²) in [7, 11) is -3.73. The zero-order valence-corrected chi connectivity index (χ0v) is 14.8. The first-order valence-corrected chi connectivity index (χ1v) is 9.22. The maximum Gasteiger partial charge on any atom is 0.270 e. The number of hydrogen-bond acceptors (Lipinski definition) is 4. The lowest BCUT2D eigenvalue weighted by molar-refractivity contribution is 0.0944. The number of rotatable bonds is 4. The molecular weight excluding hydrogens is 364 g/mol. The first-order valence-electron chi connectivity index (χ1n) is 7.30. The van der Waals surface area contributed by atoms with Crippen LogP contribution in [0.1, 0.15) is 21.7 Å². The van der Waals surface area contributed by atoms with Crippen LogP contribution in [-0.4, -0.2) is 23.7 Å². The molecular formula is C16H15ClN4O3S. The summed E-state index contributed by atoms with van der Waals surface area (Å²) >= 11 is 5.94. The summed E-state index contributed by atoms with van der Waals surface area (Å²) < 4.78 is 24.1. The highest BCUT2D eigenvalue weighted by atomic mass is 35.5. The van der Waals surface area contributed by atoms with Crippen molar-refractivity contribution in [2.24, 2.45) is 5.14 Å². The molecule has 2 heterocycles. The Morgan fingerprint density at radius 2 is 1.96 bits per heavy atom. The highest BCUT2D eigenvalue weighted by molar-refractivity contribution is 7.89. The third kappa shape index (κ3) is 3.65. The van der Waals surface area contributed by atoms with Gasteiger partial charge in [-0.25, -0.2) is 18.5 Å². The Bertz CT molecular complexity index is 1060. The summed E-state index contributed by atoms with van der Waals surface area (Å²) in [6.07, 6.45) is 1.69. The molecule has 3 rings (SSSR count). The SMILES string of the molecule is Cc1nc2cc(Cl)ccn2c1C(=O)NCc1ccc(S(N)(=O)=O)cc1. The normalized spacial score (nSPS) is 11.6. The Balaban J connectivity index is 1.78. The van der Waals surface area contributed by atoms with E-state index < -0.39 is 10.0 Å². The summed E-state index contributed by atoms with van der Waals surface area (Å²) in [6.45, 7) is 1.99. The molecule has 0 saturated carbocycles. The van der Waals surface area contributed by atoms with Crippen molar-refractivity contribution in [2.75, 3.05) is 0 Å². The van der Waals surface area contributed by atoms with E-state index in [1.54, 1.807) is 41.8 Å². The van der Waals surface area contributed by atoms with E-state index in [1.165, 1.54) is 12.1 Å². The van der Waals surface area contributed by atoms with Crippen LogP contribution >= 0.6 is 11.6 Å². The molecule has 7 nitrogen and oxygen atoms in total. The second kappa shape index (κ2) is 6.47. The van der Waals surface area contributed by atoms with E-state index in [0.717, 1.165) is 5.56 Å². The second-order valence-electron chi connectivity index (χ2n) is 5.49. The number of primary sulfonamides is 1. The average Bonchev–Trinajstić information content (AvgIpc) is 2.87. The molecule has 0 unspecified atom stereocenters. The lowest BCUT2D eigenvalue weighted by Gasteiger charge is -2.07. The Labute approximate surface area is 149 Å². The summed E-state index contributed by atoms with van der Waals surface area (Å²) in [5.74, 6) is -0.289. The maximum atomic E-state index is 12.5. The third-order valence-corrected chi connectivity index (χ3v) is 4.85. The van der Waals surface area contributed by atoms with Gasteiger partial charge in [0, 0.05) is 23.8 Å². The van der Waals surface area contributed by atoms with Gasteiger partial charge in [0.25, 0.3) is 5.91 Å². The lowest BCUT2D eigenvalue weighted by atomic mass is 10.2. The van der Waals surface area contributed by atoms with Gasteiger partial charge in [-0.3, -0.25) is 9.20 Å². The van der Waals surface area contributed by atoms with Gasteiger partial charge in [-0.1, -0.05) is 23.7 Å². The Morgan fingerprint density at radius 1 is 1.28 bits per heavy atom. The minimum Gasteiger partial charge on any atom is -0.347 e. The Hall–Kier alpha value is -2.42. The number of fused-ring (bicyclic) bond motifs is 1. The highest BCUT2D eigenvalue weighted by Crippen LogP contribution is 2.17. The van der Waals surface area contributed by atoms with Gasteiger partial charge < -0.3 is 5.32 Å². The summed E-state index contributed by atoms with van der Waals surface area (Å²) in [4.78, 5) is 16.9. The molecule has 0 radical (unpaired) electrons. The van der Waals surface area contributed by atoms with Crippen LogP contribution in [0.5, 0.6) is 0 Å². The number of benzene rings is 1. The van der Waals surface area contributed by atoms with Gasteiger partial charge in [0.05, 0.1) is 10.6 Å². The minimum atomic E-state index is -3.73. The number of amides is 1. The molecule has 0 aliphatic heterocycles. The fourth-order valence-corrected chi connectivity index (χ4v) is 3.14. The number of imidazole rings is 1. The molecule has 3 N–H and O–H groups in total. The number of sulfonamides is 1. The molecule has 0 aliphatic carbocycles. The topological polar surface area (TPSA) is 107 Å². The number of nitrogens with two attached hydrogens (primary N) is 1. The van der Waals surface area contributed by atoms with Crippen LogP contribution in [0.15, 0.2) is 47.5 Å². The number of pyridine rings is 1. The average molecular weight is 379 g/mol. The molecule has 130 valence electrons. The van der Waals surface area contributed by atoms with E-state index in [9.17, 15) is 13.2 Å². The molecule has 3 aromatic rings. The molecule has 0 aliphatic rings. The fraction of sp³-hybridized carbons (Fsp3) is 0.125. The van der Waals surface area contributed by atoms with Gasteiger partial charge >= 0.3 is 0 Å². The number of nitrogens with zero attached hydrogens (tertiary/aromatic N) is 2. The van der Waals surface area contributed by atoms with Crippen LogP contribution in [-0.2, 0) is 16.6 Å². The van der Waals surface area contributed by atoms with Crippen LogP contribution in [0.2, 0.25) is 5.02 Å². The summed E-state index contributed by atoms with van der Waals surface area (Å²) in [5.41, 5.74) is 2.35. The van der Waals surface area contributed by atoms with Crippen LogP contribution < -0.4 is 10.5 Å². The fourth-order valence-electron chi connectivity index (χ4n) is 2.47. The van der Waals surface area contributed by atoms with Crippen molar-refractivity contribution in [1.29, 1.82) is 0 Å². The number of halogens is 1. The number of carbonyl (C=O) groups excluding carboxylic acids is 1. The van der Waals surface area contributed by atoms with E-state index in [0.29, 0.717) is 22.1 Å². The standard InChI is InChI=1S/C16H15ClN4O3S/c1-10-15(21-7-6-12(17)8-14(21)20-10)16(22)19-9-11-2-4-13(5-3-11)25(18,23)24/h2-8H,9H2,1H3,(H,19,22)(H2,18,23,24). The van der Waals surface area contributed by atoms with E-state index in [-0.39, 0.29) is 17.3 Å². The van der Waals surface area contributed by atoms with E-state index >= 15 is 0 Å². The van der Waals surface area contributed by atoms with Crippen LogP contribution in [0, 0.1) is 6.92 Å². The molecule has 25 heavy (non-hydrogen) atoms. The number of nitrogens with one attached hydrogen (secondary N) is 1. The van der Waals surface area contributed by atoms with Gasteiger partial charge in [0.15, 0.2) is 0 Å². The number of hydrogen-bond donors (Lipinski definition) is 2. The van der Waals surface area contributed by atoms with E-state index in [1.807, 2.05) is 0 Å². The number of aromatic nitrogens is 2. The Morgan fingerprint density at radius 3 is 2.60 bits per heavy atom. The molecule has 0 bridgehead atoms. The van der Waals surface area contributed by atoms with Gasteiger partial charge in [-0.2, -0.15) is 0 Å². The molecule has 2 aromatic heterocycles. The van der Waals surface area contributed by atoms with Gasteiger partial charge in [-0.05, 0) is 30.7 Å². The monoisotopic (exact) mass is 378 g/mol. The van der Waals surface area contributed by atoms with Gasteiger partial charge in [0.1, 0.15) is 11.3 Å². The van der Waals surface area contributed by atoms with Crippen LogP contribution in [0.3, 0.4) is 0 Å². The highest BCUT2D eigenvalue weighted by Gasteiger charge is 2.16. The quantitative estimate of drug-likeness (QED) is 0.722. The third-order valence-electron chi connectivity index (χ3n) is 3.68. The van der Waals surface area contributed by atoms with Crippen molar-refractivity contribution < 1.29 is 13.2 Å².